The van der Waals surface area contributed by atoms with Gasteiger partial charge >= 0.3 is 5.63 Å². The molecule has 1 aromatic heterocycles. The third kappa shape index (κ3) is 2.84. The highest BCUT2D eigenvalue weighted by Crippen LogP contribution is 2.34. The molecule has 0 N–H and O–H groups in total. The molecule has 1 aliphatic rings. The van der Waals surface area contributed by atoms with E-state index in [9.17, 15) is 4.79 Å². The van der Waals surface area contributed by atoms with Gasteiger partial charge in [-0.2, -0.15) is 0 Å². The van der Waals surface area contributed by atoms with Gasteiger partial charge in [-0.25, -0.2) is 4.79 Å². The molecule has 134 valence electrons. The molecule has 2 aromatic carbocycles. The summed E-state index contributed by atoms with van der Waals surface area (Å²) >= 11 is 0. The highest BCUT2D eigenvalue weighted by atomic mass is 16.5. The Hall–Kier alpha value is -2.79. The molecule has 0 bridgehead atoms. The van der Waals surface area contributed by atoms with Gasteiger partial charge in [-0.1, -0.05) is 12.1 Å². The summed E-state index contributed by atoms with van der Waals surface area (Å²) in [6, 6.07) is 11.9. The van der Waals surface area contributed by atoms with E-state index in [1.54, 1.807) is 14.0 Å². The molecule has 5 heteroatoms. The van der Waals surface area contributed by atoms with Gasteiger partial charge in [0.25, 0.3) is 0 Å². The van der Waals surface area contributed by atoms with Crippen molar-refractivity contribution >= 4 is 11.0 Å². The van der Waals surface area contributed by atoms with Gasteiger partial charge in [0.05, 0.1) is 12.7 Å². The Kier molecular flexibility index (Phi) is 4.17. The Morgan fingerprint density at radius 2 is 1.85 bits per heavy atom. The quantitative estimate of drug-likeness (QED) is 0.672. The fourth-order valence-corrected chi connectivity index (χ4v) is 3.35. The van der Waals surface area contributed by atoms with Crippen LogP contribution in [-0.2, 0) is 13.1 Å². The molecule has 5 nitrogen and oxygen atoms in total. The van der Waals surface area contributed by atoms with E-state index in [1.807, 2.05) is 43.3 Å². The van der Waals surface area contributed by atoms with Crippen LogP contribution < -0.4 is 15.1 Å². The fraction of sp³-hybridized carbons (Fsp3) is 0.286. The summed E-state index contributed by atoms with van der Waals surface area (Å²) in [6.07, 6.45) is 0. The number of hydrogen-bond donors (Lipinski definition) is 0. The summed E-state index contributed by atoms with van der Waals surface area (Å²) in [5, 5.41) is 0.968. The van der Waals surface area contributed by atoms with Crippen LogP contribution in [0.5, 0.6) is 11.5 Å². The van der Waals surface area contributed by atoms with Crippen molar-refractivity contribution in [2.45, 2.75) is 26.9 Å². The molecule has 0 radical (unpaired) electrons. The van der Waals surface area contributed by atoms with Crippen molar-refractivity contribution < 1.29 is 13.9 Å². The van der Waals surface area contributed by atoms with Crippen LogP contribution in [0.15, 0.2) is 45.6 Å². The van der Waals surface area contributed by atoms with Crippen molar-refractivity contribution in [3.8, 4) is 11.5 Å². The maximum Gasteiger partial charge on any atom is 0.339 e. The van der Waals surface area contributed by atoms with Gasteiger partial charge < -0.3 is 13.9 Å². The molecule has 2 heterocycles. The monoisotopic (exact) mass is 351 g/mol. The summed E-state index contributed by atoms with van der Waals surface area (Å²) < 4.78 is 16.7. The number of nitrogens with zero attached hydrogens (tertiary/aromatic N) is 1. The lowest BCUT2D eigenvalue weighted by atomic mass is 10.0. The molecule has 0 atom stereocenters. The average Bonchev–Trinajstić information content (AvgIpc) is 2.67. The summed E-state index contributed by atoms with van der Waals surface area (Å²) in [5.74, 6) is 1.63. The van der Waals surface area contributed by atoms with Crippen molar-refractivity contribution in [2.24, 2.45) is 0 Å². The van der Waals surface area contributed by atoms with E-state index in [1.165, 1.54) is 5.56 Å². The molecule has 0 fully saturated rings. The minimum atomic E-state index is -0.282. The van der Waals surface area contributed by atoms with E-state index in [2.05, 4.69) is 4.90 Å². The van der Waals surface area contributed by atoms with Crippen LogP contribution >= 0.6 is 0 Å². The molecule has 0 saturated heterocycles. The van der Waals surface area contributed by atoms with Crippen LogP contribution in [0.2, 0.25) is 0 Å². The Bertz CT molecular complexity index is 1020. The van der Waals surface area contributed by atoms with Crippen molar-refractivity contribution in [1.82, 2.24) is 4.90 Å². The molecule has 4 rings (SSSR count). The second-order valence-electron chi connectivity index (χ2n) is 6.67. The maximum atomic E-state index is 12.1. The lowest BCUT2D eigenvalue weighted by Gasteiger charge is -2.29. The number of methoxy groups -OCH3 is 1. The van der Waals surface area contributed by atoms with E-state index >= 15 is 0 Å². The Morgan fingerprint density at radius 3 is 2.58 bits per heavy atom. The lowest BCUT2D eigenvalue weighted by molar-refractivity contribution is 0.0889. The third-order valence-corrected chi connectivity index (χ3v) is 5.03. The van der Waals surface area contributed by atoms with Crippen molar-refractivity contribution in [2.75, 3.05) is 13.8 Å². The lowest BCUT2D eigenvalue weighted by Crippen LogP contribution is -2.31. The SMILES string of the molecule is COc1ccc(CN2COc3ccc4c(C)c(C)c(=O)oc4c3C2)cc1. The highest BCUT2D eigenvalue weighted by Gasteiger charge is 2.22. The number of hydrogen-bond acceptors (Lipinski definition) is 5. The Balaban J connectivity index is 1.67. The summed E-state index contributed by atoms with van der Waals surface area (Å²) in [4.78, 5) is 14.3. The van der Waals surface area contributed by atoms with Gasteiger partial charge in [0, 0.05) is 24.0 Å². The zero-order chi connectivity index (χ0) is 18.3. The third-order valence-electron chi connectivity index (χ3n) is 5.03. The largest absolute Gasteiger partial charge is 0.497 e. The summed E-state index contributed by atoms with van der Waals surface area (Å²) in [5.41, 5.74) is 4.08. The predicted molar refractivity (Wildman–Crippen MR) is 99.7 cm³/mol. The first-order chi connectivity index (χ1) is 12.6. The zero-order valence-electron chi connectivity index (χ0n) is 15.2. The predicted octanol–water partition coefficient (Wildman–Crippen LogP) is 3.77. The van der Waals surface area contributed by atoms with E-state index in [4.69, 9.17) is 13.9 Å². The fourth-order valence-electron chi connectivity index (χ4n) is 3.35. The van der Waals surface area contributed by atoms with Crippen LogP contribution in [0.1, 0.15) is 22.3 Å². The Morgan fingerprint density at radius 1 is 1.08 bits per heavy atom. The number of aryl methyl sites for hydroxylation is 1. The second-order valence-corrected chi connectivity index (χ2v) is 6.67. The summed E-state index contributed by atoms with van der Waals surface area (Å²) in [6.45, 7) is 5.67. The van der Waals surface area contributed by atoms with Crippen LogP contribution in [0.3, 0.4) is 0 Å². The van der Waals surface area contributed by atoms with Crippen LogP contribution in [0.4, 0.5) is 0 Å². The normalized spacial score (nSPS) is 14.1. The van der Waals surface area contributed by atoms with Gasteiger partial charge in [-0.3, -0.25) is 4.90 Å². The highest BCUT2D eigenvalue weighted by molar-refractivity contribution is 5.85. The number of fused-ring (bicyclic) bond motifs is 3. The summed E-state index contributed by atoms with van der Waals surface area (Å²) in [7, 11) is 1.66. The van der Waals surface area contributed by atoms with Crippen LogP contribution in [-0.4, -0.2) is 18.7 Å². The minimum absolute atomic E-state index is 0.282. The van der Waals surface area contributed by atoms with Crippen molar-refractivity contribution in [1.29, 1.82) is 0 Å². The minimum Gasteiger partial charge on any atom is -0.497 e. The van der Waals surface area contributed by atoms with Gasteiger partial charge in [0.15, 0.2) is 0 Å². The molecule has 1 aliphatic heterocycles. The van der Waals surface area contributed by atoms with Crippen molar-refractivity contribution in [3.63, 3.8) is 0 Å². The molecule has 0 amide bonds. The van der Waals surface area contributed by atoms with Crippen molar-refractivity contribution in [3.05, 3.63) is 69.1 Å². The van der Waals surface area contributed by atoms with Gasteiger partial charge in [-0.15, -0.1) is 0 Å². The van der Waals surface area contributed by atoms with Crippen LogP contribution in [0.25, 0.3) is 11.0 Å². The van der Waals surface area contributed by atoms with Gasteiger partial charge in [-0.05, 0) is 49.2 Å². The standard InChI is InChI=1S/C21H21NO4/c1-13-14(2)21(23)26-20-17(13)8-9-19-18(20)11-22(12-25-19)10-15-4-6-16(24-3)7-5-15/h4-9H,10-12H2,1-3H3. The van der Waals surface area contributed by atoms with Gasteiger partial charge in [0.1, 0.15) is 23.8 Å². The average molecular weight is 351 g/mol. The number of benzene rings is 2. The Labute approximate surface area is 151 Å². The first kappa shape index (κ1) is 16.7. The first-order valence-corrected chi connectivity index (χ1v) is 8.61. The topological polar surface area (TPSA) is 51.9 Å². The molecular weight excluding hydrogens is 330 g/mol. The zero-order valence-corrected chi connectivity index (χ0v) is 15.2. The smallest absolute Gasteiger partial charge is 0.339 e. The molecule has 26 heavy (non-hydrogen) atoms. The van der Waals surface area contributed by atoms with Crippen LogP contribution in [0, 0.1) is 13.8 Å². The van der Waals surface area contributed by atoms with E-state index in [-0.39, 0.29) is 5.63 Å². The van der Waals surface area contributed by atoms with E-state index < -0.39 is 0 Å². The van der Waals surface area contributed by atoms with E-state index in [0.717, 1.165) is 34.6 Å². The molecular formula is C21H21NO4. The van der Waals surface area contributed by atoms with E-state index in [0.29, 0.717) is 24.4 Å². The second kappa shape index (κ2) is 6.50. The number of rotatable bonds is 3. The molecule has 0 unspecified atom stereocenters. The van der Waals surface area contributed by atoms with Gasteiger partial charge in [0.2, 0.25) is 0 Å². The molecule has 0 saturated carbocycles. The molecule has 0 spiro atoms. The molecule has 0 aliphatic carbocycles. The number of ether oxygens (including phenoxy) is 2. The first-order valence-electron chi connectivity index (χ1n) is 8.61. The molecule has 3 aromatic rings. The maximum absolute atomic E-state index is 12.1.